The van der Waals surface area contributed by atoms with Gasteiger partial charge in [-0.3, -0.25) is 9.59 Å². The first-order valence-electron chi connectivity index (χ1n) is 19.1. The highest BCUT2D eigenvalue weighted by atomic mass is 16.5. The molecule has 3 aromatic heterocycles. The Balaban J connectivity index is 1.04. The number of hydrogen-bond acceptors (Lipinski definition) is 8. The van der Waals surface area contributed by atoms with Gasteiger partial charge in [0.25, 0.3) is 0 Å². The Hall–Kier alpha value is -6.12. The van der Waals surface area contributed by atoms with E-state index in [1.165, 1.54) is 7.11 Å². The molecular weight excluding hydrogens is 716 g/mol. The SMILES string of the molecule is COC(=O)N[C@H](C(=O)N1CCCC1c1ncc(-c2ccc(-c3cc4cc(-c5cnc([C@@H]6CCCN6C(=O)[C@H](NC(=O)O)C(C)C)[nH]5)ccc4o3)cc2)[nH]1)C(C)C. The number of furan rings is 1. The van der Waals surface area contributed by atoms with Crippen LogP contribution in [0.3, 0.4) is 0 Å². The number of fused-ring (bicyclic) bond motifs is 1. The van der Waals surface area contributed by atoms with Gasteiger partial charge in [0.1, 0.15) is 35.1 Å². The van der Waals surface area contributed by atoms with Gasteiger partial charge >= 0.3 is 12.2 Å². The van der Waals surface area contributed by atoms with Crippen LogP contribution in [0.25, 0.3) is 44.8 Å². The van der Waals surface area contributed by atoms with Crippen molar-refractivity contribution in [1.82, 2.24) is 40.4 Å². The summed E-state index contributed by atoms with van der Waals surface area (Å²) in [5, 5.41) is 15.3. The zero-order valence-electron chi connectivity index (χ0n) is 32.2. The van der Waals surface area contributed by atoms with E-state index >= 15 is 0 Å². The number of carbonyl (C=O) groups excluding carboxylic acids is 3. The number of ether oxygens (including phenoxy) is 1. The van der Waals surface area contributed by atoms with E-state index in [9.17, 15) is 24.3 Å². The van der Waals surface area contributed by atoms with E-state index in [1.807, 2.05) is 76.2 Å². The zero-order valence-corrected chi connectivity index (χ0v) is 32.2. The number of nitrogens with zero attached hydrogens (tertiary/aromatic N) is 4. The molecule has 294 valence electrons. The van der Waals surface area contributed by atoms with Crippen molar-refractivity contribution in [3.05, 3.63) is 72.6 Å². The van der Waals surface area contributed by atoms with Crippen molar-refractivity contribution in [2.75, 3.05) is 20.2 Å². The molecule has 0 saturated carbocycles. The summed E-state index contributed by atoms with van der Waals surface area (Å²) < 4.78 is 11.0. The van der Waals surface area contributed by atoms with Crippen molar-refractivity contribution in [3.63, 3.8) is 0 Å². The third-order valence-electron chi connectivity index (χ3n) is 10.8. The Morgan fingerprint density at radius 1 is 0.768 bits per heavy atom. The highest BCUT2D eigenvalue weighted by Crippen LogP contribution is 2.36. The van der Waals surface area contributed by atoms with Gasteiger partial charge in [-0.25, -0.2) is 19.6 Å². The molecule has 2 saturated heterocycles. The maximum Gasteiger partial charge on any atom is 0.407 e. The fraction of sp³-hybridized carbons (Fsp3) is 0.415. The van der Waals surface area contributed by atoms with Crippen LogP contribution in [0.2, 0.25) is 0 Å². The number of hydrogen-bond donors (Lipinski definition) is 5. The van der Waals surface area contributed by atoms with Crippen LogP contribution < -0.4 is 10.6 Å². The van der Waals surface area contributed by atoms with Crippen molar-refractivity contribution in [2.45, 2.75) is 77.5 Å². The minimum absolute atomic E-state index is 0.115. The first kappa shape index (κ1) is 38.2. The van der Waals surface area contributed by atoms with E-state index in [-0.39, 0.29) is 35.7 Å². The number of carbonyl (C=O) groups is 4. The van der Waals surface area contributed by atoms with Crippen molar-refractivity contribution in [1.29, 1.82) is 0 Å². The quantitative estimate of drug-likeness (QED) is 0.0952. The molecule has 15 nitrogen and oxygen atoms in total. The van der Waals surface area contributed by atoms with Gasteiger partial charge in [-0.1, -0.05) is 52.0 Å². The highest BCUT2D eigenvalue weighted by Gasteiger charge is 2.39. The van der Waals surface area contributed by atoms with Crippen LogP contribution in [0, 0.1) is 11.8 Å². The molecule has 7 rings (SSSR count). The van der Waals surface area contributed by atoms with Crippen LogP contribution >= 0.6 is 0 Å². The smallest absolute Gasteiger partial charge is 0.407 e. The Kier molecular flexibility index (Phi) is 10.9. The monoisotopic (exact) mass is 764 g/mol. The Labute approximate surface area is 324 Å². The second-order valence-corrected chi connectivity index (χ2v) is 15.2. The largest absolute Gasteiger partial charge is 0.465 e. The Bertz CT molecular complexity index is 2220. The number of H-pyrrole nitrogens is 2. The number of rotatable bonds is 11. The minimum Gasteiger partial charge on any atom is -0.465 e. The van der Waals surface area contributed by atoms with Crippen LogP contribution in [0.5, 0.6) is 0 Å². The van der Waals surface area contributed by atoms with Crippen LogP contribution in [0.15, 0.2) is 65.3 Å². The fourth-order valence-corrected chi connectivity index (χ4v) is 7.81. The van der Waals surface area contributed by atoms with E-state index in [1.54, 1.807) is 22.2 Å². The molecule has 4 atom stereocenters. The summed E-state index contributed by atoms with van der Waals surface area (Å²) in [4.78, 5) is 69.9. The molecule has 4 amide bonds. The second kappa shape index (κ2) is 15.9. The molecule has 2 aliphatic heterocycles. The van der Waals surface area contributed by atoms with Crippen molar-refractivity contribution in [3.8, 4) is 33.8 Å². The molecular formula is C41H48N8O7. The summed E-state index contributed by atoms with van der Waals surface area (Å²) in [7, 11) is 1.28. The molecule has 0 spiro atoms. The standard InChI is InChI=1S/C41H48N8O7/c1-22(2)34(46-40(52)53)38(50)48-16-6-9-31(48)37-43-21-29(45-37)26-14-15-32-27(18-26)19-33(56-32)25-12-10-24(11-13-25)28-20-42-36(44-28)30-8-7-17-49(30)39(51)35(23(3)4)47-41(54)55-5/h10-15,18-23,30-31,34-35,46H,6-9,16-17H2,1-5H3,(H,42,44)(H,43,45)(H,47,54)(H,52,53)/t30?,31-,34+,35-/m0/s1. The number of alkyl carbamates (subject to hydrolysis) is 1. The van der Waals surface area contributed by atoms with Crippen LogP contribution in [0.4, 0.5) is 9.59 Å². The number of aromatic nitrogens is 4. The Morgan fingerprint density at radius 2 is 1.29 bits per heavy atom. The Morgan fingerprint density at radius 3 is 1.82 bits per heavy atom. The first-order chi connectivity index (χ1) is 26.9. The average molecular weight is 765 g/mol. The van der Waals surface area contributed by atoms with Gasteiger partial charge in [0, 0.05) is 29.6 Å². The molecule has 1 unspecified atom stereocenters. The fourth-order valence-electron chi connectivity index (χ4n) is 7.81. The lowest BCUT2D eigenvalue weighted by atomic mass is 10.0. The lowest BCUT2D eigenvalue weighted by Crippen LogP contribution is -2.51. The summed E-state index contributed by atoms with van der Waals surface area (Å²) >= 11 is 0. The number of amides is 4. The lowest BCUT2D eigenvalue weighted by molar-refractivity contribution is -0.136. The predicted molar refractivity (Wildman–Crippen MR) is 208 cm³/mol. The van der Waals surface area contributed by atoms with E-state index in [0.717, 1.165) is 70.5 Å². The maximum atomic E-state index is 13.5. The molecule has 15 heteroatoms. The van der Waals surface area contributed by atoms with Gasteiger partial charge in [0.15, 0.2) is 0 Å². The molecule has 5 N–H and O–H groups in total. The lowest BCUT2D eigenvalue weighted by Gasteiger charge is -2.30. The normalized spacial score (nSPS) is 18.1. The third-order valence-corrected chi connectivity index (χ3v) is 10.8. The topological polar surface area (TPSA) is 199 Å². The molecule has 5 aromatic rings. The second-order valence-electron chi connectivity index (χ2n) is 15.2. The molecule has 0 radical (unpaired) electrons. The first-order valence-corrected chi connectivity index (χ1v) is 19.1. The molecule has 2 aromatic carbocycles. The van der Waals surface area contributed by atoms with Crippen LogP contribution in [-0.2, 0) is 14.3 Å². The number of carboxylic acid groups (broad SMARTS) is 1. The maximum absolute atomic E-state index is 13.5. The number of imidazole rings is 2. The number of nitrogens with one attached hydrogen (secondary N) is 4. The van der Waals surface area contributed by atoms with Crippen molar-refractivity contribution in [2.24, 2.45) is 11.8 Å². The van der Waals surface area contributed by atoms with E-state index in [4.69, 9.17) is 9.15 Å². The molecule has 5 heterocycles. The molecule has 2 fully saturated rings. The summed E-state index contributed by atoms with van der Waals surface area (Å²) in [5.41, 5.74) is 5.13. The number of methoxy groups -OCH3 is 1. The summed E-state index contributed by atoms with van der Waals surface area (Å²) in [6.07, 6.45) is 4.83. The van der Waals surface area contributed by atoms with Gasteiger partial charge in [-0.15, -0.1) is 0 Å². The molecule has 56 heavy (non-hydrogen) atoms. The van der Waals surface area contributed by atoms with Gasteiger partial charge in [0.2, 0.25) is 11.8 Å². The minimum atomic E-state index is -1.22. The van der Waals surface area contributed by atoms with Gasteiger partial charge < -0.3 is 44.7 Å². The summed E-state index contributed by atoms with van der Waals surface area (Å²) in [6.45, 7) is 8.56. The van der Waals surface area contributed by atoms with Gasteiger partial charge in [0.05, 0.1) is 43.0 Å². The van der Waals surface area contributed by atoms with E-state index in [0.29, 0.717) is 24.7 Å². The van der Waals surface area contributed by atoms with Gasteiger partial charge in [-0.05, 0) is 67.3 Å². The van der Waals surface area contributed by atoms with Gasteiger partial charge in [-0.2, -0.15) is 0 Å². The zero-order chi connectivity index (χ0) is 39.7. The molecule has 0 aliphatic carbocycles. The predicted octanol–water partition coefficient (Wildman–Crippen LogP) is 6.88. The number of likely N-dealkylation sites (tertiary alicyclic amines) is 2. The summed E-state index contributed by atoms with van der Waals surface area (Å²) in [5.74, 6) is 1.38. The van der Waals surface area contributed by atoms with E-state index in [2.05, 4.69) is 30.6 Å². The van der Waals surface area contributed by atoms with Crippen LogP contribution in [-0.4, -0.2) is 91.1 Å². The summed E-state index contributed by atoms with van der Waals surface area (Å²) in [6, 6.07) is 13.9. The average Bonchev–Trinajstić information content (AvgIpc) is 4.03. The highest BCUT2D eigenvalue weighted by molar-refractivity contribution is 5.88. The third kappa shape index (κ3) is 7.70. The van der Waals surface area contributed by atoms with Crippen molar-refractivity contribution >= 4 is 35.0 Å². The molecule has 2 aliphatic rings. The molecule has 0 bridgehead atoms. The van der Waals surface area contributed by atoms with Crippen LogP contribution in [0.1, 0.15) is 77.1 Å². The number of benzene rings is 2. The van der Waals surface area contributed by atoms with E-state index < -0.39 is 24.3 Å². The van der Waals surface area contributed by atoms with Crippen molar-refractivity contribution < 1.29 is 33.4 Å². The number of aromatic amines is 2.